The van der Waals surface area contributed by atoms with E-state index in [-0.39, 0.29) is 6.10 Å². The minimum atomic E-state index is 0.193. The molecule has 0 spiro atoms. The molecule has 1 aliphatic heterocycles. The highest BCUT2D eigenvalue weighted by atomic mass is 16.5. The van der Waals surface area contributed by atoms with Crippen molar-refractivity contribution < 1.29 is 4.74 Å². The summed E-state index contributed by atoms with van der Waals surface area (Å²) in [6.07, 6.45) is 6.00. The number of aromatic nitrogens is 4. The van der Waals surface area contributed by atoms with Gasteiger partial charge in [0.15, 0.2) is 5.65 Å². The van der Waals surface area contributed by atoms with Gasteiger partial charge in [-0.1, -0.05) is 12.1 Å². The molecular formula is C21H27N5O. The lowest BCUT2D eigenvalue weighted by Gasteiger charge is -2.32. The van der Waals surface area contributed by atoms with Crippen LogP contribution < -0.4 is 4.74 Å². The first kappa shape index (κ1) is 17.9. The molecule has 3 heterocycles. The van der Waals surface area contributed by atoms with Crippen LogP contribution in [0.15, 0.2) is 36.7 Å². The van der Waals surface area contributed by atoms with Gasteiger partial charge in [0.1, 0.15) is 11.3 Å². The minimum Gasteiger partial charge on any atom is -0.491 e. The number of piperidine rings is 1. The molecule has 1 atom stereocenters. The molecule has 1 saturated heterocycles. The zero-order valence-electron chi connectivity index (χ0n) is 16.3. The maximum atomic E-state index is 5.84. The molecule has 2 aromatic heterocycles. The van der Waals surface area contributed by atoms with E-state index in [4.69, 9.17) is 9.84 Å². The molecule has 142 valence electrons. The summed E-state index contributed by atoms with van der Waals surface area (Å²) in [7, 11) is 1.95. The fraction of sp³-hybridized carbons (Fsp3) is 0.476. The first-order chi connectivity index (χ1) is 13.1. The SMILES string of the molecule is CC(C)Oc1cccc(CN2CCCC(c3nn(C)c4nccnc34)C2)c1. The Kier molecular flexibility index (Phi) is 5.07. The number of likely N-dealkylation sites (tertiary alicyclic amines) is 1. The molecule has 27 heavy (non-hydrogen) atoms. The van der Waals surface area contributed by atoms with Crippen molar-refractivity contribution in [2.24, 2.45) is 7.05 Å². The third kappa shape index (κ3) is 3.95. The molecule has 0 N–H and O–H groups in total. The lowest BCUT2D eigenvalue weighted by Crippen LogP contribution is -2.34. The van der Waals surface area contributed by atoms with Crippen molar-refractivity contribution >= 4 is 11.2 Å². The molecule has 0 saturated carbocycles. The standard InChI is InChI=1S/C21H27N5O/c1-15(2)27-18-8-4-6-16(12-18)13-26-11-5-7-17(14-26)19-20-21(25(3)24-19)23-10-9-22-20/h4,6,8-10,12,15,17H,5,7,11,13-14H2,1-3H3. The first-order valence-electron chi connectivity index (χ1n) is 9.71. The predicted molar refractivity (Wildman–Crippen MR) is 106 cm³/mol. The van der Waals surface area contributed by atoms with Crippen LogP contribution >= 0.6 is 0 Å². The molecule has 1 aromatic carbocycles. The van der Waals surface area contributed by atoms with Gasteiger partial charge in [0.2, 0.25) is 0 Å². The van der Waals surface area contributed by atoms with Gasteiger partial charge in [-0.3, -0.25) is 4.90 Å². The van der Waals surface area contributed by atoms with Crippen molar-refractivity contribution in [2.75, 3.05) is 13.1 Å². The Morgan fingerprint density at radius 3 is 2.93 bits per heavy atom. The van der Waals surface area contributed by atoms with Gasteiger partial charge in [-0.25, -0.2) is 14.6 Å². The van der Waals surface area contributed by atoms with Crippen LogP contribution in [0.4, 0.5) is 0 Å². The van der Waals surface area contributed by atoms with Crippen LogP contribution in [0, 0.1) is 0 Å². The highest BCUT2D eigenvalue weighted by Gasteiger charge is 2.26. The van der Waals surface area contributed by atoms with E-state index in [1.807, 2.05) is 17.8 Å². The number of fused-ring (bicyclic) bond motifs is 1. The Morgan fingerprint density at radius 2 is 2.07 bits per heavy atom. The number of benzene rings is 1. The van der Waals surface area contributed by atoms with Crippen LogP contribution in [-0.2, 0) is 13.6 Å². The van der Waals surface area contributed by atoms with Gasteiger partial charge in [-0.05, 0) is 50.9 Å². The van der Waals surface area contributed by atoms with E-state index in [2.05, 4.69) is 46.9 Å². The van der Waals surface area contributed by atoms with E-state index in [9.17, 15) is 0 Å². The van der Waals surface area contributed by atoms with Gasteiger partial charge >= 0.3 is 0 Å². The lowest BCUT2D eigenvalue weighted by molar-refractivity contribution is 0.198. The Balaban J connectivity index is 1.50. The van der Waals surface area contributed by atoms with Crippen molar-refractivity contribution in [3.8, 4) is 5.75 Å². The van der Waals surface area contributed by atoms with Crippen molar-refractivity contribution in [3.63, 3.8) is 0 Å². The van der Waals surface area contributed by atoms with Crippen LogP contribution in [-0.4, -0.2) is 43.8 Å². The molecule has 0 bridgehead atoms. The summed E-state index contributed by atoms with van der Waals surface area (Å²) < 4.78 is 7.69. The van der Waals surface area contributed by atoms with Crippen molar-refractivity contribution in [1.82, 2.24) is 24.6 Å². The van der Waals surface area contributed by atoms with E-state index in [0.29, 0.717) is 5.92 Å². The smallest absolute Gasteiger partial charge is 0.176 e. The van der Waals surface area contributed by atoms with Gasteiger partial charge in [0.25, 0.3) is 0 Å². The van der Waals surface area contributed by atoms with Gasteiger partial charge in [-0.15, -0.1) is 0 Å². The lowest BCUT2D eigenvalue weighted by atomic mass is 9.94. The number of hydrogen-bond donors (Lipinski definition) is 0. The zero-order chi connectivity index (χ0) is 18.8. The number of rotatable bonds is 5. The Hall–Kier alpha value is -2.47. The van der Waals surface area contributed by atoms with Crippen LogP contribution in [0.25, 0.3) is 11.2 Å². The van der Waals surface area contributed by atoms with Gasteiger partial charge in [0.05, 0.1) is 11.8 Å². The number of ether oxygens (including phenoxy) is 1. The van der Waals surface area contributed by atoms with Gasteiger partial charge in [0, 0.05) is 38.4 Å². The summed E-state index contributed by atoms with van der Waals surface area (Å²) in [5, 5.41) is 4.75. The molecule has 0 radical (unpaired) electrons. The molecule has 3 aromatic rings. The van der Waals surface area contributed by atoms with Gasteiger partial charge < -0.3 is 4.74 Å². The van der Waals surface area contributed by atoms with Crippen LogP contribution in [0.3, 0.4) is 0 Å². The van der Waals surface area contributed by atoms with E-state index < -0.39 is 0 Å². The average molecular weight is 365 g/mol. The number of aryl methyl sites for hydroxylation is 1. The second-order valence-corrected chi connectivity index (χ2v) is 7.63. The third-order valence-electron chi connectivity index (χ3n) is 5.05. The number of hydrogen-bond acceptors (Lipinski definition) is 5. The molecular weight excluding hydrogens is 338 g/mol. The van der Waals surface area contributed by atoms with E-state index >= 15 is 0 Å². The second-order valence-electron chi connectivity index (χ2n) is 7.63. The maximum absolute atomic E-state index is 5.84. The largest absolute Gasteiger partial charge is 0.491 e. The molecule has 1 fully saturated rings. The second kappa shape index (κ2) is 7.64. The highest BCUT2D eigenvalue weighted by Crippen LogP contribution is 2.30. The normalized spacial score (nSPS) is 18.3. The minimum absolute atomic E-state index is 0.193. The quantitative estimate of drug-likeness (QED) is 0.692. The fourth-order valence-corrected chi connectivity index (χ4v) is 3.95. The molecule has 0 amide bonds. The summed E-state index contributed by atoms with van der Waals surface area (Å²) in [5.74, 6) is 1.34. The molecule has 4 rings (SSSR count). The summed E-state index contributed by atoms with van der Waals surface area (Å²) in [6.45, 7) is 7.16. The summed E-state index contributed by atoms with van der Waals surface area (Å²) in [5.41, 5.74) is 4.18. The van der Waals surface area contributed by atoms with Crippen LogP contribution in [0.5, 0.6) is 5.75 Å². The molecule has 1 aliphatic rings. The van der Waals surface area contributed by atoms with Crippen molar-refractivity contribution in [1.29, 1.82) is 0 Å². The monoisotopic (exact) mass is 365 g/mol. The zero-order valence-corrected chi connectivity index (χ0v) is 16.3. The topological polar surface area (TPSA) is 56.1 Å². The molecule has 0 aliphatic carbocycles. The Bertz CT molecular complexity index is 920. The predicted octanol–water partition coefficient (Wildman–Crippen LogP) is 3.53. The molecule has 6 heteroatoms. The van der Waals surface area contributed by atoms with Crippen LogP contribution in [0.1, 0.15) is 43.9 Å². The van der Waals surface area contributed by atoms with Crippen molar-refractivity contribution in [2.45, 2.75) is 45.3 Å². The summed E-state index contributed by atoms with van der Waals surface area (Å²) >= 11 is 0. The van der Waals surface area contributed by atoms with Crippen molar-refractivity contribution in [3.05, 3.63) is 47.9 Å². The maximum Gasteiger partial charge on any atom is 0.176 e. The highest BCUT2D eigenvalue weighted by molar-refractivity contribution is 5.73. The molecule has 6 nitrogen and oxygen atoms in total. The van der Waals surface area contributed by atoms with Gasteiger partial charge in [-0.2, -0.15) is 5.10 Å². The average Bonchev–Trinajstić information content (AvgIpc) is 2.99. The summed E-state index contributed by atoms with van der Waals surface area (Å²) in [4.78, 5) is 11.5. The van der Waals surface area contributed by atoms with E-state index in [1.165, 1.54) is 12.0 Å². The molecule has 1 unspecified atom stereocenters. The van der Waals surface area contributed by atoms with E-state index in [0.717, 1.165) is 48.7 Å². The fourth-order valence-electron chi connectivity index (χ4n) is 3.95. The van der Waals surface area contributed by atoms with Crippen LogP contribution in [0.2, 0.25) is 0 Å². The number of nitrogens with zero attached hydrogens (tertiary/aromatic N) is 5. The Morgan fingerprint density at radius 1 is 1.22 bits per heavy atom. The summed E-state index contributed by atoms with van der Waals surface area (Å²) in [6, 6.07) is 8.45. The third-order valence-corrected chi connectivity index (χ3v) is 5.05. The van der Waals surface area contributed by atoms with E-state index in [1.54, 1.807) is 12.4 Å². The Labute approximate surface area is 160 Å². The first-order valence-corrected chi connectivity index (χ1v) is 9.71.